The summed E-state index contributed by atoms with van der Waals surface area (Å²) >= 11 is 13.4. The van der Waals surface area contributed by atoms with Crippen molar-refractivity contribution < 1.29 is 14.3 Å². The van der Waals surface area contributed by atoms with E-state index < -0.39 is 0 Å². The smallest absolute Gasteiger partial charge is 0.253 e. The van der Waals surface area contributed by atoms with Crippen molar-refractivity contribution >= 4 is 52.5 Å². The van der Waals surface area contributed by atoms with Gasteiger partial charge in [0.05, 0.1) is 35.7 Å². The number of carbonyl (C=O) groups excluding carboxylic acids is 2. The number of fused-ring (bicyclic) bond motifs is 1. The van der Waals surface area contributed by atoms with E-state index >= 15 is 0 Å². The van der Waals surface area contributed by atoms with Gasteiger partial charge < -0.3 is 15.0 Å². The van der Waals surface area contributed by atoms with E-state index in [0.29, 0.717) is 39.5 Å². The Morgan fingerprint density at radius 1 is 1.03 bits per heavy atom. The van der Waals surface area contributed by atoms with Gasteiger partial charge in [-0.3, -0.25) is 14.2 Å². The molecular weight excluding hydrogens is 545 g/mol. The lowest BCUT2D eigenvalue weighted by Gasteiger charge is -2.17. The van der Waals surface area contributed by atoms with Gasteiger partial charge in [-0.1, -0.05) is 65.3 Å². The van der Waals surface area contributed by atoms with E-state index in [1.807, 2.05) is 53.4 Å². The van der Waals surface area contributed by atoms with E-state index in [-0.39, 0.29) is 29.1 Å². The molecule has 2 heterocycles. The number of rotatable bonds is 8. The average Bonchev–Trinajstić information content (AvgIpc) is 3.54. The molecule has 194 valence electrons. The molecule has 0 aliphatic carbocycles. The molecule has 2 amide bonds. The van der Waals surface area contributed by atoms with Crippen molar-refractivity contribution in [3.05, 3.63) is 93.7 Å². The standard InChI is InChI=1S/C27H23Cl2N5O3S/c1-37-23-9-5-4-8-22(23)34-24(15-30-26(36)19-11-10-18(28)14-20(19)29)31-32-27(34)38-16-25(35)33-13-12-17-6-2-3-7-21(17)33/h2-11,14H,12-13,15-16H2,1H3,(H,30,36). The van der Waals surface area contributed by atoms with Gasteiger partial charge in [0.25, 0.3) is 5.91 Å². The molecular formula is C27H23Cl2N5O3S. The monoisotopic (exact) mass is 567 g/mol. The highest BCUT2D eigenvalue weighted by Gasteiger charge is 2.26. The minimum absolute atomic E-state index is 0.0123. The molecule has 1 N–H and O–H groups in total. The van der Waals surface area contributed by atoms with Gasteiger partial charge in [-0.15, -0.1) is 10.2 Å². The van der Waals surface area contributed by atoms with Crippen molar-refractivity contribution in [2.24, 2.45) is 0 Å². The summed E-state index contributed by atoms with van der Waals surface area (Å²) in [6.07, 6.45) is 0.839. The Morgan fingerprint density at radius 2 is 1.79 bits per heavy atom. The Morgan fingerprint density at radius 3 is 2.58 bits per heavy atom. The number of aromatic nitrogens is 3. The number of carbonyl (C=O) groups is 2. The van der Waals surface area contributed by atoms with Crippen LogP contribution in [0.2, 0.25) is 10.0 Å². The van der Waals surface area contributed by atoms with Crippen LogP contribution in [0.25, 0.3) is 5.69 Å². The van der Waals surface area contributed by atoms with Crippen LogP contribution in [-0.2, 0) is 17.8 Å². The molecule has 0 fully saturated rings. The zero-order valence-electron chi connectivity index (χ0n) is 20.4. The fraction of sp³-hybridized carbons (Fsp3) is 0.185. The number of benzene rings is 3. The first-order valence-electron chi connectivity index (χ1n) is 11.8. The van der Waals surface area contributed by atoms with Crippen LogP contribution in [0, 0.1) is 0 Å². The van der Waals surface area contributed by atoms with Gasteiger partial charge in [-0.25, -0.2) is 0 Å². The molecule has 0 radical (unpaired) electrons. The van der Waals surface area contributed by atoms with Crippen LogP contribution >= 0.6 is 35.0 Å². The van der Waals surface area contributed by atoms with E-state index in [1.54, 1.807) is 23.8 Å². The van der Waals surface area contributed by atoms with Crippen LogP contribution in [0.4, 0.5) is 5.69 Å². The maximum atomic E-state index is 13.1. The molecule has 4 aromatic rings. The third kappa shape index (κ3) is 5.36. The Hall–Kier alpha value is -3.53. The Kier molecular flexibility index (Phi) is 7.87. The van der Waals surface area contributed by atoms with Crippen LogP contribution in [0.3, 0.4) is 0 Å². The first kappa shape index (κ1) is 26.1. The van der Waals surface area contributed by atoms with Crippen LogP contribution in [0.5, 0.6) is 5.75 Å². The van der Waals surface area contributed by atoms with Crippen molar-refractivity contribution in [2.45, 2.75) is 18.1 Å². The molecule has 0 bridgehead atoms. The zero-order valence-corrected chi connectivity index (χ0v) is 22.7. The number of nitrogens with one attached hydrogen (secondary N) is 1. The predicted molar refractivity (Wildman–Crippen MR) is 149 cm³/mol. The number of thioether (sulfide) groups is 1. The summed E-state index contributed by atoms with van der Waals surface area (Å²) in [5.74, 6) is 0.853. The summed E-state index contributed by atoms with van der Waals surface area (Å²) in [6.45, 7) is 0.722. The summed E-state index contributed by atoms with van der Waals surface area (Å²) in [5, 5.41) is 12.7. The van der Waals surface area contributed by atoms with Crippen LogP contribution in [-0.4, -0.2) is 46.0 Å². The molecule has 1 aliphatic heterocycles. The van der Waals surface area contributed by atoms with Gasteiger partial charge in [-0.2, -0.15) is 0 Å². The number of methoxy groups -OCH3 is 1. The second-order valence-electron chi connectivity index (χ2n) is 8.43. The third-order valence-electron chi connectivity index (χ3n) is 6.12. The topological polar surface area (TPSA) is 89.3 Å². The number of para-hydroxylation sites is 3. The quantitative estimate of drug-likeness (QED) is 0.294. The van der Waals surface area contributed by atoms with Gasteiger partial charge in [0, 0.05) is 17.3 Å². The SMILES string of the molecule is COc1ccccc1-n1c(CNC(=O)c2ccc(Cl)cc2Cl)nnc1SCC(=O)N1CCc2ccccc21. The van der Waals surface area contributed by atoms with Crippen molar-refractivity contribution in [3.63, 3.8) is 0 Å². The lowest BCUT2D eigenvalue weighted by atomic mass is 10.2. The highest BCUT2D eigenvalue weighted by atomic mass is 35.5. The zero-order chi connectivity index (χ0) is 26.6. The van der Waals surface area contributed by atoms with Gasteiger partial charge in [0.2, 0.25) is 5.91 Å². The van der Waals surface area contributed by atoms with Crippen molar-refractivity contribution in [1.82, 2.24) is 20.1 Å². The van der Waals surface area contributed by atoms with Gasteiger partial charge >= 0.3 is 0 Å². The van der Waals surface area contributed by atoms with E-state index in [2.05, 4.69) is 15.5 Å². The number of hydrogen-bond donors (Lipinski definition) is 1. The lowest BCUT2D eigenvalue weighted by molar-refractivity contribution is -0.116. The molecule has 0 atom stereocenters. The van der Waals surface area contributed by atoms with Crippen molar-refractivity contribution in [2.75, 3.05) is 24.3 Å². The molecule has 8 nitrogen and oxygen atoms in total. The number of anilines is 1. The molecule has 11 heteroatoms. The summed E-state index contributed by atoms with van der Waals surface area (Å²) in [7, 11) is 1.58. The fourth-order valence-electron chi connectivity index (χ4n) is 4.29. The predicted octanol–water partition coefficient (Wildman–Crippen LogP) is 5.19. The highest BCUT2D eigenvalue weighted by Crippen LogP contribution is 2.31. The lowest BCUT2D eigenvalue weighted by Crippen LogP contribution is -2.30. The minimum atomic E-state index is -0.377. The first-order chi connectivity index (χ1) is 18.5. The maximum Gasteiger partial charge on any atom is 0.253 e. The van der Waals surface area contributed by atoms with E-state index in [1.165, 1.54) is 23.4 Å². The molecule has 0 saturated carbocycles. The van der Waals surface area contributed by atoms with Gasteiger partial charge in [0.1, 0.15) is 5.75 Å². The normalized spacial score (nSPS) is 12.3. The van der Waals surface area contributed by atoms with E-state index in [0.717, 1.165) is 12.1 Å². The third-order valence-corrected chi connectivity index (χ3v) is 7.58. The summed E-state index contributed by atoms with van der Waals surface area (Å²) in [6, 6.07) is 20.0. The summed E-state index contributed by atoms with van der Waals surface area (Å²) in [4.78, 5) is 27.8. The van der Waals surface area contributed by atoms with Gasteiger partial charge in [-0.05, 0) is 48.4 Å². The first-order valence-corrected chi connectivity index (χ1v) is 13.5. The van der Waals surface area contributed by atoms with Crippen LogP contribution in [0.1, 0.15) is 21.7 Å². The second-order valence-corrected chi connectivity index (χ2v) is 10.2. The Balaban J connectivity index is 1.38. The second kappa shape index (κ2) is 11.5. The molecule has 0 unspecified atom stereocenters. The number of hydrogen-bond acceptors (Lipinski definition) is 6. The fourth-order valence-corrected chi connectivity index (χ4v) is 5.63. The molecule has 0 spiro atoms. The molecule has 3 aromatic carbocycles. The Labute approximate surface area is 233 Å². The number of amides is 2. The summed E-state index contributed by atoms with van der Waals surface area (Å²) < 4.78 is 7.36. The molecule has 38 heavy (non-hydrogen) atoms. The van der Waals surface area contributed by atoms with Crippen LogP contribution < -0.4 is 15.0 Å². The Bertz CT molecular complexity index is 1510. The number of nitrogens with zero attached hydrogens (tertiary/aromatic N) is 4. The van der Waals surface area contributed by atoms with Crippen LogP contribution in [0.15, 0.2) is 71.9 Å². The van der Waals surface area contributed by atoms with Crippen molar-refractivity contribution in [1.29, 1.82) is 0 Å². The molecule has 0 saturated heterocycles. The number of halogens is 2. The molecule has 1 aliphatic rings. The largest absolute Gasteiger partial charge is 0.495 e. The number of ether oxygens (including phenoxy) is 1. The molecule has 1 aromatic heterocycles. The maximum absolute atomic E-state index is 13.1. The van der Waals surface area contributed by atoms with E-state index in [9.17, 15) is 9.59 Å². The minimum Gasteiger partial charge on any atom is -0.495 e. The average molecular weight is 568 g/mol. The summed E-state index contributed by atoms with van der Waals surface area (Å²) in [5.41, 5.74) is 3.11. The highest BCUT2D eigenvalue weighted by molar-refractivity contribution is 7.99. The molecule has 5 rings (SSSR count). The van der Waals surface area contributed by atoms with Crippen molar-refractivity contribution in [3.8, 4) is 11.4 Å². The van der Waals surface area contributed by atoms with E-state index in [4.69, 9.17) is 27.9 Å². The van der Waals surface area contributed by atoms with Gasteiger partial charge in [0.15, 0.2) is 11.0 Å².